The van der Waals surface area contributed by atoms with Gasteiger partial charge in [-0.1, -0.05) is 51.0 Å². The third kappa shape index (κ3) is 6.83. The maximum atomic E-state index is 12.5. The highest BCUT2D eigenvalue weighted by Crippen LogP contribution is 2.38. The number of benzene rings is 1. The molecule has 3 aromatic rings. The average molecular weight is 437 g/mol. The van der Waals surface area contributed by atoms with E-state index in [1.807, 2.05) is 12.4 Å². The zero-order valence-corrected chi connectivity index (χ0v) is 18.2. The monoisotopic (exact) mass is 436 g/mol. The van der Waals surface area contributed by atoms with E-state index < -0.39 is 11.1 Å². The lowest BCUT2D eigenvalue weighted by atomic mass is 9.98. The summed E-state index contributed by atoms with van der Waals surface area (Å²) in [5.74, 6) is 1.75. The fourth-order valence-corrected chi connectivity index (χ4v) is 4.01. The molecule has 7 heteroatoms. The summed E-state index contributed by atoms with van der Waals surface area (Å²) < 4.78 is 37.4. The van der Waals surface area contributed by atoms with Crippen LogP contribution in [0.1, 0.15) is 73.4 Å². The molecule has 0 saturated heterocycles. The van der Waals surface area contributed by atoms with Crippen molar-refractivity contribution in [2.45, 2.75) is 58.5 Å². The lowest BCUT2D eigenvalue weighted by Crippen LogP contribution is -2.00. The van der Waals surface area contributed by atoms with Gasteiger partial charge in [-0.3, -0.25) is 4.79 Å². The van der Waals surface area contributed by atoms with Gasteiger partial charge < -0.3 is 4.98 Å². The molecule has 1 aromatic carbocycles. The van der Waals surface area contributed by atoms with Gasteiger partial charge in [-0.2, -0.15) is 13.2 Å². The van der Waals surface area contributed by atoms with Crippen LogP contribution >= 0.6 is 11.3 Å². The van der Waals surface area contributed by atoms with E-state index in [-0.39, 0.29) is 5.78 Å². The Morgan fingerprint density at radius 1 is 1.07 bits per heavy atom. The normalized spacial score (nSPS) is 11.3. The Balaban J connectivity index is 0.000000232. The fourth-order valence-electron chi connectivity index (χ4n) is 3.13. The third-order valence-electron chi connectivity index (χ3n) is 4.64. The van der Waals surface area contributed by atoms with E-state index in [0.717, 1.165) is 6.07 Å². The summed E-state index contributed by atoms with van der Waals surface area (Å²) in [5, 5.41) is 0. The number of thiophene rings is 1. The number of alkyl halides is 3. The van der Waals surface area contributed by atoms with Gasteiger partial charge in [0.25, 0.3) is 0 Å². The Kier molecular flexibility index (Phi) is 8.84. The van der Waals surface area contributed by atoms with Crippen LogP contribution in [0.2, 0.25) is 0 Å². The summed E-state index contributed by atoms with van der Waals surface area (Å²) in [6.07, 6.45) is 4.43. The summed E-state index contributed by atoms with van der Waals surface area (Å²) in [6, 6.07) is 9.05. The maximum absolute atomic E-state index is 12.5. The van der Waals surface area contributed by atoms with Crippen LogP contribution in [-0.2, 0) is 6.18 Å². The minimum Gasteiger partial charge on any atom is -0.348 e. The molecule has 2 heterocycles. The zero-order chi connectivity index (χ0) is 22.1. The summed E-state index contributed by atoms with van der Waals surface area (Å²) >= 11 is 0.697. The number of hydrogen-bond donors (Lipinski definition) is 1. The number of carbonyl (C=O) groups excluding carboxylic acids is 1. The molecule has 0 saturated carbocycles. The Morgan fingerprint density at radius 3 is 2.13 bits per heavy atom. The Bertz CT molecular complexity index is 893. The molecule has 0 spiro atoms. The Morgan fingerprint density at radius 2 is 1.70 bits per heavy atom. The van der Waals surface area contributed by atoms with Gasteiger partial charge in [0, 0.05) is 28.8 Å². The number of nitrogens with one attached hydrogen (secondary N) is 1. The number of halogens is 3. The SMILES string of the molecule is CC(=O)c1ccc(-c2ccc(C(F)(F)F)s2)cc1.CCCC(CCC)c1ncc[nH]1. The lowest BCUT2D eigenvalue weighted by Gasteiger charge is -2.11. The van der Waals surface area contributed by atoms with Gasteiger partial charge in [0.15, 0.2) is 5.78 Å². The van der Waals surface area contributed by atoms with Crippen molar-refractivity contribution in [2.75, 3.05) is 0 Å². The van der Waals surface area contributed by atoms with Crippen LogP contribution in [-0.4, -0.2) is 15.8 Å². The molecule has 0 aliphatic heterocycles. The van der Waals surface area contributed by atoms with E-state index in [2.05, 4.69) is 23.8 Å². The number of hydrogen-bond acceptors (Lipinski definition) is 3. The van der Waals surface area contributed by atoms with Crippen molar-refractivity contribution >= 4 is 17.1 Å². The maximum Gasteiger partial charge on any atom is 0.425 e. The number of aromatic nitrogens is 2. The van der Waals surface area contributed by atoms with Gasteiger partial charge in [0.1, 0.15) is 10.7 Å². The predicted molar refractivity (Wildman–Crippen MR) is 116 cm³/mol. The van der Waals surface area contributed by atoms with Crippen molar-refractivity contribution in [1.82, 2.24) is 9.97 Å². The molecular formula is C23H27F3N2OS. The van der Waals surface area contributed by atoms with Crippen molar-refractivity contribution in [2.24, 2.45) is 0 Å². The largest absolute Gasteiger partial charge is 0.425 e. The fraction of sp³-hybridized carbons (Fsp3) is 0.391. The lowest BCUT2D eigenvalue weighted by molar-refractivity contribution is -0.134. The highest BCUT2D eigenvalue weighted by molar-refractivity contribution is 7.15. The zero-order valence-electron chi connectivity index (χ0n) is 17.4. The van der Waals surface area contributed by atoms with Crippen molar-refractivity contribution < 1.29 is 18.0 Å². The summed E-state index contributed by atoms with van der Waals surface area (Å²) in [4.78, 5) is 18.5. The smallest absolute Gasteiger partial charge is 0.348 e. The number of H-pyrrole nitrogens is 1. The summed E-state index contributed by atoms with van der Waals surface area (Å²) in [6.45, 7) is 5.90. The number of aromatic amines is 1. The van der Waals surface area contributed by atoms with Gasteiger partial charge in [0.05, 0.1) is 0 Å². The van der Waals surface area contributed by atoms with Gasteiger partial charge in [-0.25, -0.2) is 4.98 Å². The average Bonchev–Trinajstić information content (AvgIpc) is 3.40. The van der Waals surface area contributed by atoms with E-state index in [1.165, 1.54) is 44.5 Å². The van der Waals surface area contributed by atoms with Gasteiger partial charge in [-0.05, 0) is 37.5 Å². The first-order chi connectivity index (χ1) is 14.3. The van der Waals surface area contributed by atoms with Crippen LogP contribution in [0.25, 0.3) is 10.4 Å². The molecule has 30 heavy (non-hydrogen) atoms. The van der Waals surface area contributed by atoms with E-state index in [4.69, 9.17) is 0 Å². The molecule has 3 nitrogen and oxygen atoms in total. The molecular weight excluding hydrogens is 409 g/mol. The first kappa shape index (κ1) is 23.9. The summed E-state index contributed by atoms with van der Waals surface area (Å²) in [5.41, 5.74) is 1.23. The Labute approximate surface area is 179 Å². The van der Waals surface area contributed by atoms with Crippen LogP contribution in [0.4, 0.5) is 13.2 Å². The molecule has 2 aromatic heterocycles. The van der Waals surface area contributed by atoms with Crippen LogP contribution in [0, 0.1) is 0 Å². The number of rotatable bonds is 7. The quantitative estimate of drug-likeness (QED) is 0.385. The van der Waals surface area contributed by atoms with Crippen LogP contribution in [0.3, 0.4) is 0 Å². The van der Waals surface area contributed by atoms with Crippen LogP contribution in [0.5, 0.6) is 0 Å². The van der Waals surface area contributed by atoms with E-state index in [1.54, 1.807) is 24.3 Å². The topological polar surface area (TPSA) is 45.8 Å². The number of ketones is 1. The molecule has 0 aliphatic carbocycles. The molecule has 0 amide bonds. The molecule has 162 valence electrons. The molecule has 0 fully saturated rings. The van der Waals surface area contributed by atoms with E-state index in [0.29, 0.717) is 33.3 Å². The second kappa shape index (κ2) is 11.1. The second-order valence-corrected chi connectivity index (χ2v) is 8.13. The van der Waals surface area contributed by atoms with Crippen LogP contribution in [0.15, 0.2) is 48.8 Å². The standard InChI is InChI=1S/C13H9F3OS.C10H18N2/c1-8(17)9-2-4-10(5-3-9)11-6-7-12(18-11)13(14,15)16;1-3-5-9(6-4-2)10-11-7-8-12-10/h2-7H,1H3;7-9H,3-6H2,1-2H3,(H,11,12). The molecule has 0 radical (unpaired) electrons. The Hall–Kier alpha value is -2.41. The van der Waals surface area contributed by atoms with Gasteiger partial charge in [0.2, 0.25) is 0 Å². The van der Waals surface area contributed by atoms with E-state index in [9.17, 15) is 18.0 Å². The third-order valence-corrected chi connectivity index (χ3v) is 5.82. The van der Waals surface area contributed by atoms with Crippen LogP contribution < -0.4 is 0 Å². The molecule has 3 rings (SSSR count). The van der Waals surface area contributed by atoms with Crippen molar-refractivity contribution in [3.05, 3.63) is 65.1 Å². The first-order valence-corrected chi connectivity index (χ1v) is 10.9. The first-order valence-electron chi connectivity index (χ1n) is 10.0. The number of Topliss-reactive ketones (excluding diaryl/α,β-unsaturated/α-hetero) is 1. The highest BCUT2D eigenvalue weighted by Gasteiger charge is 2.32. The molecule has 1 N–H and O–H groups in total. The number of imidazole rings is 1. The minimum absolute atomic E-state index is 0.0660. The number of carbonyl (C=O) groups is 1. The van der Waals surface area contributed by atoms with Crippen molar-refractivity contribution in [3.63, 3.8) is 0 Å². The van der Waals surface area contributed by atoms with E-state index >= 15 is 0 Å². The molecule has 0 unspecified atom stereocenters. The molecule has 0 atom stereocenters. The molecule has 0 bridgehead atoms. The summed E-state index contributed by atoms with van der Waals surface area (Å²) in [7, 11) is 0. The van der Waals surface area contributed by atoms with Crippen molar-refractivity contribution in [1.29, 1.82) is 0 Å². The minimum atomic E-state index is -4.30. The number of nitrogens with zero attached hydrogens (tertiary/aromatic N) is 1. The van der Waals surface area contributed by atoms with Crippen molar-refractivity contribution in [3.8, 4) is 10.4 Å². The van der Waals surface area contributed by atoms with Gasteiger partial charge >= 0.3 is 6.18 Å². The predicted octanol–water partition coefficient (Wildman–Crippen LogP) is 7.73. The molecule has 0 aliphatic rings. The van der Waals surface area contributed by atoms with Gasteiger partial charge in [-0.15, -0.1) is 11.3 Å². The second-order valence-electron chi connectivity index (χ2n) is 7.04. The highest BCUT2D eigenvalue weighted by atomic mass is 32.1.